The molecule has 1 aliphatic carbocycles. The van der Waals surface area contributed by atoms with Crippen LogP contribution in [0.1, 0.15) is 38.2 Å². The molecule has 1 fully saturated rings. The predicted octanol–water partition coefficient (Wildman–Crippen LogP) is 3.67. The van der Waals surface area contributed by atoms with Crippen LogP contribution in [-0.4, -0.2) is 10.5 Å². The van der Waals surface area contributed by atoms with Gasteiger partial charge in [-0.2, -0.15) is 0 Å². The zero-order valence-corrected chi connectivity index (χ0v) is 11.2. The van der Waals surface area contributed by atoms with E-state index >= 15 is 0 Å². The fraction of sp³-hybridized carbons (Fsp3) is 0.538. The predicted molar refractivity (Wildman–Crippen MR) is 71.8 cm³/mol. The van der Waals surface area contributed by atoms with Gasteiger partial charge in [0.05, 0.1) is 4.92 Å². The molecule has 0 atom stereocenters. The number of rotatable bonds is 4. The van der Waals surface area contributed by atoms with Crippen LogP contribution in [0.3, 0.4) is 0 Å². The Morgan fingerprint density at radius 1 is 1.44 bits per heavy atom. The van der Waals surface area contributed by atoms with Crippen LogP contribution >= 0.6 is 11.6 Å². The van der Waals surface area contributed by atoms with Crippen LogP contribution in [0.4, 0.5) is 5.69 Å². The second kappa shape index (κ2) is 5.24. The maximum Gasteiger partial charge on any atom is 0.288 e. The Balaban J connectivity index is 2.05. The molecule has 1 aliphatic rings. The first-order chi connectivity index (χ1) is 8.50. The highest BCUT2D eigenvalue weighted by Gasteiger charge is 2.27. The van der Waals surface area contributed by atoms with Crippen molar-refractivity contribution in [1.29, 1.82) is 0 Å². The standard InChI is InChI=1S/C13H17ClN2O2/c1-13(6-2-3-7-13)15-9-10-4-5-11(14)12(8-10)16(17)18/h4-5,8,15H,2-3,6-7,9H2,1H3. The smallest absolute Gasteiger partial charge is 0.288 e. The zero-order chi connectivity index (χ0) is 13.2. The van der Waals surface area contributed by atoms with E-state index in [0.29, 0.717) is 6.54 Å². The van der Waals surface area contributed by atoms with Gasteiger partial charge in [-0.3, -0.25) is 10.1 Å². The molecule has 2 rings (SSSR count). The molecular weight excluding hydrogens is 252 g/mol. The Kier molecular flexibility index (Phi) is 3.88. The van der Waals surface area contributed by atoms with Gasteiger partial charge in [-0.25, -0.2) is 0 Å². The lowest BCUT2D eigenvalue weighted by atomic mass is 10.0. The fourth-order valence-electron chi connectivity index (χ4n) is 2.46. The molecule has 1 aromatic rings. The summed E-state index contributed by atoms with van der Waals surface area (Å²) in [6.45, 7) is 2.86. The van der Waals surface area contributed by atoms with E-state index in [1.54, 1.807) is 12.1 Å². The van der Waals surface area contributed by atoms with E-state index in [1.165, 1.54) is 25.7 Å². The maximum atomic E-state index is 10.8. The number of nitrogens with zero attached hydrogens (tertiary/aromatic N) is 1. The number of nitrogens with one attached hydrogen (secondary N) is 1. The van der Waals surface area contributed by atoms with Crippen LogP contribution in [0, 0.1) is 10.1 Å². The molecule has 18 heavy (non-hydrogen) atoms. The van der Waals surface area contributed by atoms with E-state index in [-0.39, 0.29) is 16.2 Å². The van der Waals surface area contributed by atoms with E-state index in [9.17, 15) is 10.1 Å². The molecule has 1 N–H and O–H groups in total. The lowest BCUT2D eigenvalue weighted by Crippen LogP contribution is -2.38. The Hall–Kier alpha value is -1.13. The largest absolute Gasteiger partial charge is 0.307 e. The van der Waals surface area contributed by atoms with Gasteiger partial charge in [0.15, 0.2) is 0 Å². The summed E-state index contributed by atoms with van der Waals surface area (Å²) in [4.78, 5) is 10.4. The average Bonchev–Trinajstić information content (AvgIpc) is 2.75. The molecule has 0 aliphatic heterocycles. The summed E-state index contributed by atoms with van der Waals surface area (Å²) in [5.74, 6) is 0. The topological polar surface area (TPSA) is 55.2 Å². The van der Waals surface area contributed by atoms with Crippen LogP contribution in [0.15, 0.2) is 18.2 Å². The number of hydrogen-bond acceptors (Lipinski definition) is 3. The van der Waals surface area contributed by atoms with E-state index in [2.05, 4.69) is 12.2 Å². The zero-order valence-electron chi connectivity index (χ0n) is 10.4. The average molecular weight is 269 g/mol. The van der Waals surface area contributed by atoms with Crippen LogP contribution < -0.4 is 5.32 Å². The van der Waals surface area contributed by atoms with Gasteiger partial charge in [0.25, 0.3) is 5.69 Å². The number of halogens is 1. The lowest BCUT2D eigenvalue weighted by molar-refractivity contribution is -0.384. The van der Waals surface area contributed by atoms with Gasteiger partial charge in [0.1, 0.15) is 5.02 Å². The van der Waals surface area contributed by atoms with Gasteiger partial charge in [-0.05, 0) is 31.4 Å². The summed E-state index contributed by atoms with van der Waals surface area (Å²) < 4.78 is 0. The molecule has 5 heteroatoms. The van der Waals surface area contributed by atoms with Crippen molar-refractivity contribution in [3.63, 3.8) is 0 Å². The third kappa shape index (κ3) is 3.00. The Bertz CT molecular complexity index is 456. The Morgan fingerprint density at radius 3 is 2.72 bits per heavy atom. The van der Waals surface area contributed by atoms with Crippen molar-refractivity contribution in [2.24, 2.45) is 0 Å². The summed E-state index contributed by atoms with van der Waals surface area (Å²) >= 11 is 5.78. The second-order valence-corrected chi connectivity index (χ2v) is 5.57. The van der Waals surface area contributed by atoms with Crippen LogP contribution in [0.5, 0.6) is 0 Å². The first-order valence-corrected chi connectivity index (χ1v) is 6.56. The van der Waals surface area contributed by atoms with Crippen molar-refractivity contribution < 1.29 is 4.92 Å². The fourth-order valence-corrected chi connectivity index (χ4v) is 2.64. The molecular formula is C13H17ClN2O2. The molecule has 0 radical (unpaired) electrons. The van der Waals surface area contributed by atoms with Crippen molar-refractivity contribution in [2.45, 2.75) is 44.7 Å². The SMILES string of the molecule is CC1(NCc2ccc(Cl)c([N+](=O)[O-])c2)CCCC1. The summed E-state index contributed by atoms with van der Waals surface area (Å²) in [5, 5.41) is 14.5. The Labute approximate surface area is 111 Å². The highest BCUT2D eigenvalue weighted by Crippen LogP contribution is 2.30. The maximum absolute atomic E-state index is 10.8. The monoisotopic (exact) mass is 268 g/mol. The Morgan fingerprint density at radius 2 is 2.11 bits per heavy atom. The molecule has 0 aromatic heterocycles. The van der Waals surface area contributed by atoms with Crippen molar-refractivity contribution in [1.82, 2.24) is 5.32 Å². The molecule has 0 unspecified atom stereocenters. The van der Waals surface area contributed by atoms with E-state index in [0.717, 1.165) is 5.56 Å². The van der Waals surface area contributed by atoms with Crippen molar-refractivity contribution in [2.75, 3.05) is 0 Å². The van der Waals surface area contributed by atoms with E-state index in [4.69, 9.17) is 11.6 Å². The molecule has 0 spiro atoms. The van der Waals surface area contributed by atoms with Gasteiger partial charge < -0.3 is 5.32 Å². The van der Waals surface area contributed by atoms with E-state index < -0.39 is 4.92 Å². The number of nitro benzene ring substituents is 1. The van der Waals surface area contributed by atoms with E-state index in [1.807, 2.05) is 6.07 Å². The number of hydrogen-bond donors (Lipinski definition) is 1. The minimum Gasteiger partial charge on any atom is -0.307 e. The van der Waals surface area contributed by atoms with Crippen molar-refractivity contribution in [3.8, 4) is 0 Å². The highest BCUT2D eigenvalue weighted by atomic mass is 35.5. The highest BCUT2D eigenvalue weighted by molar-refractivity contribution is 6.32. The molecule has 0 amide bonds. The van der Waals surface area contributed by atoms with Gasteiger partial charge in [-0.15, -0.1) is 0 Å². The number of benzene rings is 1. The molecule has 0 saturated heterocycles. The van der Waals surface area contributed by atoms with Gasteiger partial charge >= 0.3 is 0 Å². The van der Waals surface area contributed by atoms with Crippen LogP contribution in [0.2, 0.25) is 5.02 Å². The summed E-state index contributed by atoms with van der Waals surface area (Å²) in [5.41, 5.74) is 1.06. The summed E-state index contributed by atoms with van der Waals surface area (Å²) in [7, 11) is 0. The summed E-state index contributed by atoms with van der Waals surface area (Å²) in [6, 6.07) is 4.97. The normalized spacial score (nSPS) is 17.9. The van der Waals surface area contributed by atoms with Crippen molar-refractivity contribution >= 4 is 17.3 Å². The minimum absolute atomic E-state index is 0.0208. The van der Waals surface area contributed by atoms with Crippen LogP contribution in [0.25, 0.3) is 0 Å². The molecule has 0 heterocycles. The number of nitro groups is 1. The minimum atomic E-state index is -0.441. The summed E-state index contributed by atoms with van der Waals surface area (Å²) in [6.07, 6.45) is 4.85. The molecule has 1 saturated carbocycles. The third-order valence-corrected chi connectivity index (χ3v) is 3.95. The van der Waals surface area contributed by atoms with Gasteiger partial charge in [0.2, 0.25) is 0 Å². The van der Waals surface area contributed by atoms with Gasteiger partial charge in [0, 0.05) is 18.2 Å². The first kappa shape index (κ1) is 13.3. The molecule has 0 bridgehead atoms. The molecule has 98 valence electrons. The molecule has 4 nitrogen and oxygen atoms in total. The van der Waals surface area contributed by atoms with Gasteiger partial charge in [-0.1, -0.05) is 30.5 Å². The third-order valence-electron chi connectivity index (χ3n) is 3.63. The first-order valence-electron chi connectivity index (χ1n) is 6.18. The van der Waals surface area contributed by atoms with Crippen molar-refractivity contribution in [3.05, 3.63) is 38.9 Å². The second-order valence-electron chi connectivity index (χ2n) is 5.16. The molecule has 1 aromatic carbocycles. The lowest BCUT2D eigenvalue weighted by Gasteiger charge is -2.25. The quantitative estimate of drug-likeness (QED) is 0.670. The van der Waals surface area contributed by atoms with Crippen LogP contribution in [-0.2, 0) is 6.54 Å².